The fraction of sp³-hybridized carbons (Fsp3) is 0.909. The summed E-state index contributed by atoms with van der Waals surface area (Å²) in [5.74, 6) is 0.380. The number of aliphatic hydroxyl groups excluding tert-OH is 1. The molecule has 4 heteroatoms. The molecule has 0 spiro atoms. The molecule has 1 aliphatic heterocycles. The monoisotopic (exact) mass is 215 g/mol. The Bertz CT molecular complexity index is 218. The Balaban J connectivity index is 2.45. The lowest BCUT2D eigenvalue weighted by Crippen LogP contribution is -2.42. The van der Waals surface area contributed by atoms with Crippen molar-refractivity contribution in [3.8, 4) is 0 Å². The largest absolute Gasteiger partial charge is 0.394 e. The zero-order valence-electron chi connectivity index (χ0n) is 9.77. The topological polar surface area (TPSA) is 49.8 Å². The summed E-state index contributed by atoms with van der Waals surface area (Å²) < 4.78 is 5.27. The molecule has 2 unspecified atom stereocenters. The molecule has 4 nitrogen and oxygen atoms in total. The number of carbonyl (C=O) groups is 1. The summed E-state index contributed by atoms with van der Waals surface area (Å²) in [5.41, 5.74) is 0. The van der Waals surface area contributed by atoms with Crippen LogP contribution < -0.4 is 0 Å². The first kappa shape index (κ1) is 12.5. The van der Waals surface area contributed by atoms with Gasteiger partial charge in [0.2, 0.25) is 5.91 Å². The van der Waals surface area contributed by atoms with Crippen LogP contribution in [0.25, 0.3) is 0 Å². The van der Waals surface area contributed by atoms with Crippen LogP contribution in [0, 0.1) is 5.92 Å². The van der Waals surface area contributed by atoms with E-state index in [0.29, 0.717) is 5.92 Å². The molecular weight excluding hydrogens is 194 g/mol. The van der Waals surface area contributed by atoms with Gasteiger partial charge in [0, 0.05) is 6.54 Å². The van der Waals surface area contributed by atoms with Gasteiger partial charge in [0.05, 0.1) is 18.8 Å². The molecular formula is C11H21NO3. The third-order valence-electron chi connectivity index (χ3n) is 2.93. The predicted molar refractivity (Wildman–Crippen MR) is 57.5 cm³/mol. The summed E-state index contributed by atoms with van der Waals surface area (Å²) in [6, 6.07) is -0.0201. The molecule has 88 valence electrons. The highest BCUT2D eigenvalue weighted by molar-refractivity contribution is 5.78. The van der Waals surface area contributed by atoms with Crippen LogP contribution in [0.1, 0.15) is 27.2 Å². The minimum Gasteiger partial charge on any atom is -0.394 e. The number of aliphatic hydroxyl groups is 1. The quantitative estimate of drug-likeness (QED) is 0.748. The third kappa shape index (κ3) is 3.18. The van der Waals surface area contributed by atoms with Crippen LogP contribution in [0.15, 0.2) is 0 Å². The van der Waals surface area contributed by atoms with E-state index in [4.69, 9.17) is 4.74 Å². The van der Waals surface area contributed by atoms with Gasteiger partial charge in [0.1, 0.15) is 6.61 Å². The van der Waals surface area contributed by atoms with E-state index in [1.807, 2.05) is 13.8 Å². The SMILES string of the molecule is CC(C)OCC(=O)N1CCC(C)C1CO. The molecule has 2 atom stereocenters. The zero-order valence-corrected chi connectivity index (χ0v) is 9.77. The molecule has 1 heterocycles. The Labute approximate surface area is 91.2 Å². The molecule has 0 saturated carbocycles. The lowest BCUT2D eigenvalue weighted by atomic mass is 10.0. The van der Waals surface area contributed by atoms with Crippen LogP contribution in [-0.4, -0.2) is 47.8 Å². The van der Waals surface area contributed by atoms with Gasteiger partial charge in [0.15, 0.2) is 0 Å². The van der Waals surface area contributed by atoms with E-state index in [2.05, 4.69) is 6.92 Å². The van der Waals surface area contributed by atoms with Crippen molar-refractivity contribution in [2.75, 3.05) is 19.8 Å². The average Bonchev–Trinajstić information content (AvgIpc) is 2.55. The maximum absolute atomic E-state index is 11.8. The van der Waals surface area contributed by atoms with Gasteiger partial charge in [0.25, 0.3) is 0 Å². The highest BCUT2D eigenvalue weighted by Gasteiger charge is 2.33. The van der Waals surface area contributed by atoms with Crippen molar-refractivity contribution in [3.05, 3.63) is 0 Å². The first-order valence-corrected chi connectivity index (χ1v) is 5.58. The molecule has 0 aromatic rings. The molecule has 1 amide bonds. The van der Waals surface area contributed by atoms with Gasteiger partial charge in [-0.25, -0.2) is 0 Å². The van der Waals surface area contributed by atoms with E-state index >= 15 is 0 Å². The van der Waals surface area contributed by atoms with Gasteiger partial charge in [-0.15, -0.1) is 0 Å². The van der Waals surface area contributed by atoms with Crippen molar-refractivity contribution in [1.82, 2.24) is 4.90 Å². The minimum absolute atomic E-state index is 0.00731. The number of amides is 1. The van der Waals surface area contributed by atoms with Gasteiger partial charge in [-0.2, -0.15) is 0 Å². The number of rotatable bonds is 4. The van der Waals surface area contributed by atoms with Gasteiger partial charge in [-0.05, 0) is 26.2 Å². The fourth-order valence-corrected chi connectivity index (χ4v) is 1.92. The maximum atomic E-state index is 11.8. The van der Waals surface area contributed by atoms with E-state index in [1.165, 1.54) is 0 Å². The van der Waals surface area contributed by atoms with Crippen LogP contribution in [0.5, 0.6) is 0 Å². The highest BCUT2D eigenvalue weighted by atomic mass is 16.5. The van der Waals surface area contributed by atoms with Crippen molar-refractivity contribution >= 4 is 5.91 Å². The molecule has 1 fully saturated rings. The first-order chi connectivity index (χ1) is 7.06. The van der Waals surface area contributed by atoms with E-state index in [0.717, 1.165) is 13.0 Å². The van der Waals surface area contributed by atoms with E-state index in [-0.39, 0.29) is 31.3 Å². The summed E-state index contributed by atoms with van der Waals surface area (Å²) in [7, 11) is 0. The van der Waals surface area contributed by atoms with Gasteiger partial charge < -0.3 is 14.7 Å². The first-order valence-electron chi connectivity index (χ1n) is 5.58. The van der Waals surface area contributed by atoms with Crippen LogP contribution in [-0.2, 0) is 9.53 Å². The standard InChI is InChI=1S/C11H21NO3/c1-8(2)15-7-11(14)12-5-4-9(3)10(12)6-13/h8-10,13H,4-7H2,1-3H3. The smallest absolute Gasteiger partial charge is 0.248 e. The lowest BCUT2D eigenvalue weighted by Gasteiger charge is -2.25. The predicted octanol–water partition coefficient (Wildman–Crippen LogP) is 0.641. The number of ether oxygens (including phenoxy) is 1. The van der Waals surface area contributed by atoms with Gasteiger partial charge >= 0.3 is 0 Å². The van der Waals surface area contributed by atoms with Crippen LogP contribution in [0.4, 0.5) is 0 Å². The Morgan fingerprint density at radius 3 is 2.80 bits per heavy atom. The van der Waals surface area contributed by atoms with E-state index < -0.39 is 0 Å². The molecule has 1 N–H and O–H groups in total. The number of hydrogen-bond acceptors (Lipinski definition) is 3. The highest BCUT2D eigenvalue weighted by Crippen LogP contribution is 2.23. The molecule has 0 radical (unpaired) electrons. The van der Waals surface area contributed by atoms with E-state index in [9.17, 15) is 9.90 Å². The third-order valence-corrected chi connectivity index (χ3v) is 2.93. The Morgan fingerprint density at radius 1 is 1.60 bits per heavy atom. The Morgan fingerprint density at radius 2 is 2.27 bits per heavy atom. The molecule has 1 rings (SSSR count). The molecule has 15 heavy (non-hydrogen) atoms. The summed E-state index contributed by atoms with van der Waals surface area (Å²) in [4.78, 5) is 13.5. The number of likely N-dealkylation sites (tertiary alicyclic amines) is 1. The molecule has 1 saturated heterocycles. The van der Waals surface area contributed by atoms with Gasteiger partial charge in [-0.3, -0.25) is 4.79 Å². The Kier molecular flexibility index (Phi) is 4.54. The number of hydrogen-bond donors (Lipinski definition) is 1. The zero-order chi connectivity index (χ0) is 11.4. The second kappa shape index (κ2) is 5.47. The normalized spacial score (nSPS) is 26.3. The second-order valence-electron chi connectivity index (χ2n) is 4.46. The van der Waals surface area contributed by atoms with E-state index in [1.54, 1.807) is 4.90 Å². The minimum atomic E-state index is -0.0201. The molecule has 1 aliphatic rings. The number of carbonyl (C=O) groups excluding carboxylic acids is 1. The summed E-state index contributed by atoms with van der Waals surface area (Å²) in [6.45, 7) is 6.80. The molecule has 0 aromatic carbocycles. The average molecular weight is 215 g/mol. The van der Waals surface area contributed by atoms with Crippen molar-refractivity contribution in [3.63, 3.8) is 0 Å². The van der Waals surface area contributed by atoms with Crippen LogP contribution in [0.3, 0.4) is 0 Å². The summed E-state index contributed by atoms with van der Waals surface area (Å²) in [6.07, 6.45) is 1.04. The van der Waals surface area contributed by atoms with Crippen LogP contribution in [0.2, 0.25) is 0 Å². The van der Waals surface area contributed by atoms with Crippen molar-refractivity contribution in [1.29, 1.82) is 0 Å². The molecule has 0 bridgehead atoms. The van der Waals surface area contributed by atoms with Crippen LogP contribution >= 0.6 is 0 Å². The maximum Gasteiger partial charge on any atom is 0.248 e. The summed E-state index contributed by atoms with van der Waals surface area (Å²) in [5, 5.41) is 9.20. The van der Waals surface area contributed by atoms with Gasteiger partial charge in [-0.1, -0.05) is 6.92 Å². The van der Waals surface area contributed by atoms with Crippen molar-refractivity contribution < 1.29 is 14.6 Å². The fourth-order valence-electron chi connectivity index (χ4n) is 1.92. The Hall–Kier alpha value is -0.610. The molecule has 0 aliphatic carbocycles. The number of nitrogens with zero attached hydrogens (tertiary/aromatic N) is 1. The molecule has 0 aromatic heterocycles. The van der Waals surface area contributed by atoms with Crippen molar-refractivity contribution in [2.45, 2.75) is 39.3 Å². The second-order valence-corrected chi connectivity index (χ2v) is 4.46. The lowest BCUT2D eigenvalue weighted by molar-refractivity contribution is -0.139. The van der Waals surface area contributed by atoms with Crippen molar-refractivity contribution in [2.24, 2.45) is 5.92 Å². The summed E-state index contributed by atoms with van der Waals surface area (Å²) >= 11 is 0.